The molecular formula is C7H15Cl3Sn. The second-order valence-corrected chi connectivity index (χ2v) is 8.15. The Labute approximate surface area is 97.0 Å². The van der Waals surface area contributed by atoms with Crippen LogP contribution in [0.4, 0.5) is 0 Å². The Hall–Kier alpha value is 1.67. The first-order valence-electron chi connectivity index (χ1n) is 4.13. The van der Waals surface area contributed by atoms with Gasteiger partial charge in [0.2, 0.25) is 0 Å². The molecule has 0 aliphatic carbocycles. The average Bonchev–Trinajstić information content (AvgIpc) is 1.85. The number of alkyl halides is 3. The molecule has 0 atom stereocenters. The summed E-state index contributed by atoms with van der Waals surface area (Å²) in [5.41, 5.74) is 0. The molecule has 0 bridgehead atoms. The van der Waals surface area contributed by atoms with Crippen LogP contribution in [0.5, 0.6) is 0 Å². The van der Waals surface area contributed by atoms with E-state index in [9.17, 15) is 0 Å². The Kier molecular flexibility index (Phi) is 8.19. The molecule has 0 nitrogen and oxygen atoms in total. The topological polar surface area (TPSA) is 0 Å². The molecule has 0 rings (SSSR count). The summed E-state index contributed by atoms with van der Waals surface area (Å²) >= 11 is 17.6. The Morgan fingerprint density at radius 3 is 1.91 bits per heavy atom. The molecule has 0 aliphatic rings. The van der Waals surface area contributed by atoms with Crippen LogP contribution < -0.4 is 0 Å². The van der Waals surface area contributed by atoms with Gasteiger partial charge >= 0.3 is 97.7 Å². The normalized spacial score (nSPS) is 12.3. The molecule has 11 heavy (non-hydrogen) atoms. The van der Waals surface area contributed by atoms with Gasteiger partial charge in [-0.25, -0.2) is 0 Å². The number of unbranched alkanes of at least 4 members (excludes halogenated alkanes) is 3. The second kappa shape index (κ2) is 7.11. The van der Waals surface area contributed by atoms with Crippen LogP contribution in [0.25, 0.3) is 0 Å². The van der Waals surface area contributed by atoms with Gasteiger partial charge in [0.25, 0.3) is 0 Å². The van der Waals surface area contributed by atoms with Crippen molar-refractivity contribution in [3.05, 3.63) is 0 Å². The van der Waals surface area contributed by atoms with Crippen LogP contribution in [0.3, 0.4) is 0 Å². The van der Waals surface area contributed by atoms with Gasteiger partial charge < -0.3 is 0 Å². The number of hydrogen-bond donors (Lipinski definition) is 0. The quantitative estimate of drug-likeness (QED) is 0.414. The fraction of sp³-hybridized carbons (Fsp3) is 1.00. The van der Waals surface area contributed by atoms with Gasteiger partial charge in [-0.2, -0.15) is 0 Å². The van der Waals surface area contributed by atoms with Gasteiger partial charge in [-0.1, -0.05) is 0 Å². The Morgan fingerprint density at radius 1 is 0.909 bits per heavy atom. The molecular weight excluding hydrogens is 309 g/mol. The van der Waals surface area contributed by atoms with Crippen LogP contribution in [0.1, 0.15) is 32.1 Å². The van der Waals surface area contributed by atoms with Crippen molar-refractivity contribution in [2.45, 2.75) is 40.3 Å². The predicted molar refractivity (Wildman–Crippen MR) is 58.1 cm³/mol. The predicted octanol–water partition coefficient (Wildman–Crippen LogP) is 3.09. The summed E-state index contributed by atoms with van der Waals surface area (Å²) in [5.74, 6) is 0. The van der Waals surface area contributed by atoms with Gasteiger partial charge in [-0.15, -0.1) is 0 Å². The first kappa shape index (κ1) is 12.7. The minimum absolute atomic E-state index is 0.699. The third kappa shape index (κ3) is 11.7. The maximum atomic E-state index is 5.59. The van der Waals surface area contributed by atoms with Crippen LogP contribution in [-0.4, -0.2) is 26.3 Å². The standard InChI is InChI=1S/C7H12Cl3.Sn.3H/c1-2-3-4-5-6-7(8,9)10;;;;/h1-6H2;;;;. The summed E-state index contributed by atoms with van der Waals surface area (Å²) in [7, 11) is 0. The van der Waals surface area contributed by atoms with Crippen LogP contribution in [0, 0.1) is 0 Å². The molecule has 0 aromatic heterocycles. The van der Waals surface area contributed by atoms with E-state index in [-0.39, 0.29) is 0 Å². The summed E-state index contributed by atoms with van der Waals surface area (Å²) in [4.78, 5) is 0. The van der Waals surface area contributed by atoms with Crippen LogP contribution in [0.2, 0.25) is 4.44 Å². The third-order valence-electron chi connectivity index (χ3n) is 1.56. The average molecular weight is 324 g/mol. The van der Waals surface area contributed by atoms with Crippen molar-refractivity contribution in [2.24, 2.45) is 0 Å². The van der Waals surface area contributed by atoms with Crippen molar-refractivity contribution in [1.82, 2.24) is 0 Å². The minimum atomic E-state index is -1.02. The van der Waals surface area contributed by atoms with E-state index < -0.39 is 3.79 Å². The van der Waals surface area contributed by atoms with Gasteiger partial charge in [0.15, 0.2) is 0 Å². The maximum absolute atomic E-state index is 5.59. The molecule has 0 saturated heterocycles. The molecule has 0 saturated carbocycles. The molecule has 0 aromatic carbocycles. The monoisotopic (exact) mass is 324 g/mol. The Morgan fingerprint density at radius 2 is 1.45 bits per heavy atom. The van der Waals surface area contributed by atoms with E-state index in [2.05, 4.69) is 0 Å². The van der Waals surface area contributed by atoms with Crippen LogP contribution in [0.15, 0.2) is 0 Å². The third-order valence-corrected chi connectivity index (χ3v) is 4.15. The van der Waals surface area contributed by atoms with Crippen molar-refractivity contribution in [1.29, 1.82) is 0 Å². The SMILES string of the molecule is ClC(Cl)(Cl)CCCCC[CH2][SnH3]. The van der Waals surface area contributed by atoms with E-state index in [4.69, 9.17) is 34.8 Å². The van der Waals surface area contributed by atoms with E-state index in [1.807, 2.05) is 0 Å². The molecule has 0 heterocycles. The number of halogens is 3. The first-order chi connectivity index (χ1) is 5.06. The second-order valence-electron chi connectivity index (χ2n) is 2.78. The summed E-state index contributed by atoms with van der Waals surface area (Å²) in [5, 5.41) is 0. The molecule has 0 unspecified atom stereocenters. The van der Waals surface area contributed by atoms with Crippen molar-refractivity contribution in [2.75, 3.05) is 0 Å². The molecule has 0 aliphatic heterocycles. The van der Waals surface area contributed by atoms with Gasteiger partial charge in [0, 0.05) is 0 Å². The fourth-order valence-electron chi connectivity index (χ4n) is 0.929. The van der Waals surface area contributed by atoms with Gasteiger partial charge in [0.05, 0.1) is 0 Å². The molecule has 0 spiro atoms. The molecule has 0 radical (unpaired) electrons. The molecule has 0 amide bonds. The molecule has 0 N–H and O–H groups in total. The molecule has 0 aromatic rings. The van der Waals surface area contributed by atoms with Crippen molar-refractivity contribution in [3.8, 4) is 0 Å². The van der Waals surface area contributed by atoms with Gasteiger partial charge in [-0.05, 0) is 0 Å². The van der Waals surface area contributed by atoms with E-state index in [0.717, 1.165) is 28.9 Å². The van der Waals surface area contributed by atoms with Gasteiger partial charge in [0.1, 0.15) is 0 Å². The first-order valence-corrected chi connectivity index (χ1v) is 9.30. The fourth-order valence-corrected chi connectivity index (χ4v) is 2.76. The van der Waals surface area contributed by atoms with Gasteiger partial charge in [-0.3, -0.25) is 0 Å². The zero-order valence-corrected chi connectivity index (χ0v) is 14.9. The van der Waals surface area contributed by atoms with Crippen LogP contribution in [-0.2, 0) is 0 Å². The number of hydrogen-bond acceptors (Lipinski definition) is 0. The van der Waals surface area contributed by atoms with Crippen molar-refractivity contribution < 1.29 is 0 Å². The Bertz CT molecular complexity index is 90.2. The van der Waals surface area contributed by atoms with Crippen LogP contribution >= 0.6 is 34.8 Å². The summed E-state index contributed by atoms with van der Waals surface area (Å²) < 4.78 is 0.445. The molecule has 0 fully saturated rings. The van der Waals surface area contributed by atoms with E-state index >= 15 is 0 Å². The van der Waals surface area contributed by atoms with Crippen molar-refractivity contribution >= 4 is 57.3 Å². The zero-order valence-electron chi connectivity index (χ0n) is 6.88. The van der Waals surface area contributed by atoms with Crippen molar-refractivity contribution in [3.63, 3.8) is 0 Å². The Balaban J connectivity index is 3.02. The summed E-state index contributed by atoms with van der Waals surface area (Å²) in [6, 6.07) is 0. The summed E-state index contributed by atoms with van der Waals surface area (Å²) in [6.45, 7) is 0. The van der Waals surface area contributed by atoms with E-state index in [1.165, 1.54) is 23.7 Å². The molecule has 68 valence electrons. The van der Waals surface area contributed by atoms with E-state index in [1.54, 1.807) is 0 Å². The number of rotatable bonds is 5. The summed E-state index contributed by atoms with van der Waals surface area (Å²) in [6.07, 6.45) is 5.66. The molecule has 4 heteroatoms. The van der Waals surface area contributed by atoms with E-state index in [0.29, 0.717) is 6.42 Å². The zero-order chi connectivity index (χ0) is 8.74.